The van der Waals surface area contributed by atoms with Gasteiger partial charge in [0.05, 0.1) is 6.10 Å². The Bertz CT molecular complexity index is 342. The normalized spacial score (nSPS) is 21.5. The fourth-order valence-electron chi connectivity index (χ4n) is 2.48. The first-order valence-corrected chi connectivity index (χ1v) is 5.65. The first-order valence-electron chi connectivity index (χ1n) is 5.65. The Morgan fingerprint density at radius 2 is 2.00 bits per heavy atom. The molecule has 0 radical (unpaired) electrons. The molecule has 82 valence electrons. The predicted molar refractivity (Wildman–Crippen MR) is 61.5 cm³/mol. The number of aryl methyl sites for hydroxylation is 1. The van der Waals surface area contributed by atoms with Crippen molar-refractivity contribution in [3.05, 3.63) is 35.4 Å². The maximum atomic E-state index is 10.3. The van der Waals surface area contributed by atoms with E-state index in [4.69, 9.17) is 5.73 Å². The van der Waals surface area contributed by atoms with Gasteiger partial charge in [0.25, 0.3) is 0 Å². The second-order valence-electron chi connectivity index (χ2n) is 4.76. The van der Waals surface area contributed by atoms with Crippen molar-refractivity contribution in [2.45, 2.75) is 44.2 Å². The van der Waals surface area contributed by atoms with Crippen molar-refractivity contribution in [1.82, 2.24) is 0 Å². The van der Waals surface area contributed by atoms with Gasteiger partial charge in [-0.3, -0.25) is 0 Å². The van der Waals surface area contributed by atoms with Crippen LogP contribution in [-0.4, -0.2) is 10.6 Å². The van der Waals surface area contributed by atoms with Gasteiger partial charge >= 0.3 is 0 Å². The van der Waals surface area contributed by atoms with Crippen LogP contribution >= 0.6 is 0 Å². The number of aliphatic hydroxyl groups excluding tert-OH is 1. The van der Waals surface area contributed by atoms with Crippen LogP contribution in [0, 0.1) is 6.92 Å². The van der Waals surface area contributed by atoms with E-state index in [0.717, 1.165) is 31.2 Å². The quantitative estimate of drug-likeness (QED) is 0.778. The highest BCUT2D eigenvalue weighted by Crippen LogP contribution is 2.37. The van der Waals surface area contributed by atoms with E-state index in [2.05, 4.69) is 0 Å². The highest BCUT2D eigenvalue weighted by Gasteiger charge is 2.37. The van der Waals surface area contributed by atoms with Crippen LogP contribution in [0.2, 0.25) is 0 Å². The molecular formula is C13H19NO. The van der Waals surface area contributed by atoms with Crippen molar-refractivity contribution in [2.75, 3.05) is 0 Å². The predicted octanol–water partition coefficient (Wildman–Crippen LogP) is 2.30. The van der Waals surface area contributed by atoms with E-state index >= 15 is 0 Å². The maximum Gasteiger partial charge on any atom is 0.0969 e. The summed E-state index contributed by atoms with van der Waals surface area (Å²) in [6, 6.07) is 8.00. The van der Waals surface area contributed by atoms with Gasteiger partial charge in [-0.2, -0.15) is 0 Å². The zero-order valence-electron chi connectivity index (χ0n) is 9.24. The maximum absolute atomic E-state index is 10.3. The second-order valence-corrected chi connectivity index (χ2v) is 4.76. The monoisotopic (exact) mass is 205 g/mol. The van der Waals surface area contributed by atoms with E-state index in [9.17, 15) is 5.11 Å². The smallest absolute Gasteiger partial charge is 0.0969 e. The fourth-order valence-corrected chi connectivity index (χ4v) is 2.48. The molecule has 0 aliphatic heterocycles. The van der Waals surface area contributed by atoms with Crippen LogP contribution in [0.1, 0.15) is 42.9 Å². The van der Waals surface area contributed by atoms with Gasteiger partial charge in [-0.25, -0.2) is 0 Å². The zero-order chi connectivity index (χ0) is 10.9. The summed E-state index contributed by atoms with van der Waals surface area (Å²) in [6.45, 7) is 2.04. The molecule has 0 amide bonds. The van der Waals surface area contributed by atoms with Gasteiger partial charge in [-0.05, 0) is 25.3 Å². The van der Waals surface area contributed by atoms with Crippen LogP contribution < -0.4 is 5.73 Å². The van der Waals surface area contributed by atoms with E-state index in [1.54, 1.807) is 0 Å². The van der Waals surface area contributed by atoms with E-state index < -0.39 is 11.6 Å². The first kappa shape index (κ1) is 10.7. The Hall–Kier alpha value is -0.860. The fraction of sp³-hybridized carbons (Fsp3) is 0.538. The van der Waals surface area contributed by atoms with Gasteiger partial charge in [0, 0.05) is 5.54 Å². The lowest BCUT2D eigenvalue weighted by atomic mass is 9.86. The topological polar surface area (TPSA) is 46.2 Å². The summed E-state index contributed by atoms with van der Waals surface area (Å²) in [5.41, 5.74) is 7.97. The highest BCUT2D eigenvalue weighted by molar-refractivity contribution is 5.26. The van der Waals surface area contributed by atoms with Crippen molar-refractivity contribution >= 4 is 0 Å². The third-order valence-electron chi connectivity index (χ3n) is 3.44. The summed E-state index contributed by atoms with van der Waals surface area (Å²) in [7, 11) is 0. The van der Waals surface area contributed by atoms with Crippen molar-refractivity contribution in [1.29, 1.82) is 0 Å². The summed E-state index contributed by atoms with van der Waals surface area (Å²) in [5, 5.41) is 10.3. The zero-order valence-corrected chi connectivity index (χ0v) is 9.24. The van der Waals surface area contributed by atoms with Gasteiger partial charge in [0.15, 0.2) is 0 Å². The van der Waals surface area contributed by atoms with Crippen molar-refractivity contribution in [2.24, 2.45) is 5.73 Å². The minimum Gasteiger partial charge on any atom is -0.386 e. The van der Waals surface area contributed by atoms with E-state index in [1.807, 2.05) is 31.2 Å². The summed E-state index contributed by atoms with van der Waals surface area (Å²) >= 11 is 0. The molecule has 1 unspecified atom stereocenters. The van der Waals surface area contributed by atoms with Gasteiger partial charge in [0.2, 0.25) is 0 Å². The van der Waals surface area contributed by atoms with Crippen LogP contribution in [0.15, 0.2) is 24.3 Å². The number of rotatable bonds is 2. The largest absolute Gasteiger partial charge is 0.386 e. The molecule has 1 atom stereocenters. The number of aliphatic hydroxyl groups is 1. The lowest BCUT2D eigenvalue weighted by Gasteiger charge is -2.30. The number of benzene rings is 1. The lowest BCUT2D eigenvalue weighted by Crippen LogP contribution is -2.43. The molecule has 1 aliphatic carbocycles. The first-order chi connectivity index (χ1) is 7.12. The molecule has 0 aromatic heterocycles. The van der Waals surface area contributed by atoms with Crippen molar-refractivity contribution in [3.8, 4) is 0 Å². The molecule has 1 aromatic carbocycles. The Morgan fingerprint density at radius 1 is 1.33 bits per heavy atom. The van der Waals surface area contributed by atoms with Gasteiger partial charge < -0.3 is 10.8 Å². The summed E-state index contributed by atoms with van der Waals surface area (Å²) in [5.74, 6) is 0. The second kappa shape index (κ2) is 3.95. The Balaban J connectivity index is 2.23. The van der Waals surface area contributed by atoms with Crippen molar-refractivity contribution in [3.63, 3.8) is 0 Å². The molecule has 1 saturated carbocycles. The summed E-state index contributed by atoms with van der Waals surface area (Å²) in [6.07, 6.45) is 3.63. The molecule has 2 nitrogen and oxygen atoms in total. The van der Waals surface area contributed by atoms with E-state index in [-0.39, 0.29) is 0 Å². The van der Waals surface area contributed by atoms with Crippen molar-refractivity contribution < 1.29 is 5.11 Å². The average molecular weight is 205 g/mol. The molecule has 0 heterocycles. The molecule has 1 fully saturated rings. The molecule has 3 N–H and O–H groups in total. The van der Waals surface area contributed by atoms with Gasteiger partial charge in [-0.15, -0.1) is 0 Å². The molecule has 2 heteroatoms. The summed E-state index contributed by atoms with van der Waals surface area (Å²) in [4.78, 5) is 0. The van der Waals surface area contributed by atoms with Crippen LogP contribution in [-0.2, 0) is 0 Å². The van der Waals surface area contributed by atoms with Gasteiger partial charge in [0.1, 0.15) is 0 Å². The SMILES string of the molecule is Cc1cccc(C(O)C2(N)CCCC2)c1. The number of nitrogens with two attached hydrogens (primary N) is 1. The molecule has 1 aliphatic rings. The van der Waals surface area contributed by atoms with Crippen LogP contribution in [0.5, 0.6) is 0 Å². The van der Waals surface area contributed by atoms with Crippen LogP contribution in [0.3, 0.4) is 0 Å². The number of hydrogen-bond acceptors (Lipinski definition) is 2. The van der Waals surface area contributed by atoms with Crippen LogP contribution in [0.4, 0.5) is 0 Å². The third kappa shape index (κ3) is 2.06. The Morgan fingerprint density at radius 3 is 2.60 bits per heavy atom. The molecule has 0 bridgehead atoms. The minimum absolute atomic E-state index is 0.395. The molecule has 2 rings (SSSR count). The molecule has 1 aromatic rings. The standard InChI is InChI=1S/C13H19NO/c1-10-5-4-6-11(9-10)12(15)13(14)7-2-3-8-13/h4-6,9,12,15H,2-3,7-8,14H2,1H3. The third-order valence-corrected chi connectivity index (χ3v) is 3.44. The molecule has 15 heavy (non-hydrogen) atoms. The summed E-state index contributed by atoms with van der Waals surface area (Å²) < 4.78 is 0. The average Bonchev–Trinajstić information content (AvgIpc) is 2.65. The Labute approximate surface area is 91.1 Å². The Kier molecular flexibility index (Phi) is 2.81. The van der Waals surface area contributed by atoms with E-state index in [1.165, 1.54) is 5.56 Å². The van der Waals surface area contributed by atoms with E-state index in [0.29, 0.717) is 0 Å². The van der Waals surface area contributed by atoms with Crippen LogP contribution in [0.25, 0.3) is 0 Å². The molecule has 0 spiro atoms. The number of hydrogen-bond donors (Lipinski definition) is 2. The lowest BCUT2D eigenvalue weighted by molar-refractivity contribution is 0.0871. The van der Waals surface area contributed by atoms with Gasteiger partial charge in [-0.1, -0.05) is 42.7 Å². The molecular weight excluding hydrogens is 186 g/mol. The molecule has 0 saturated heterocycles. The minimum atomic E-state index is -0.514. The highest BCUT2D eigenvalue weighted by atomic mass is 16.3.